The molecule has 2 aromatic rings. The zero-order valence-corrected chi connectivity index (χ0v) is 12.8. The molecule has 3 rings (SSSR count). The molecule has 1 aliphatic heterocycles. The first-order chi connectivity index (χ1) is 10.9. The first-order valence-electron chi connectivity index (χ1n) is 6.79. The number of benzene rings is 2. The fraction of sp³-hybridized carbons (Fsp3) is 0.125. The zero-order valence-electron chi connectivity index (χ0n) is 12.1. The largest absolute Gasteiger partial charge is 0.274 e. The van der Waals surface area contributed by atoms with Crippen LogP contribution in [0.25, 0.3) is 0 Å². The van der Waals surface area contributed by atoms with Crippen molar-refractivity contribution in [1.82, 2.24) is 0 Å². The van der Waals surface area contributed by atoms with Gasteiger partial charge in [-0.05, 0) is 36.2 Å². The molecule has 2 aromatic carbocycles. The topological polar surface area (TPSA) is 80.5 Å². The third-order valence-electron chi connectivity index (χ3n) is 3.73. The molecule has 0 aromatic heterocycles. The number of amides is 2. The van der Waals surface area contributed by atoms with Crippen LogP contribution in [0.3, 0.4) is 0 Å². The van der Waals surface area contributed by atoms with E-state index in [4.69, 9.17) is 11.6 Å². The zero-order chi connectivity index (χ0) is 16.7. The minimum atomic E-state index is -0.522. The summed E-state index contributed by atoms with van der Waals surface area (Å²) in [4.78, 5) is 36.4. The summed E-state index contributed by atoms with van der Waals surface area (Å²) in [6, 6.07) is 8.85. The molecule has 0 saturated carbocycles. The van der Waals surface area contributed by atoms with E-state index in [1.165, 1.54) is 24.3 Å². The number of aryl methyl sites for hydroxylation is 1. The molecule has 0 spiro atoms. The lowest BCUT2D eigenvalue weighted by atomic mass is 9.97. The molecule has 0 radical (unpaired) electrons. The Kier molecular flexibility index (Phi) is 3.61. The van der Waals surface area contributed by atoms with E-state index in [0.717, 1.165) is 4.90 Å². The monoisotopic (exact) mass is 330 g/mol. The predicted molar refractivity (Wildman–Crippen MR) is 84.8 cm³/mol. The highest BCUT2D eigenvalue weighted by molar-refractivity contribution is 6.32. The van der Waals surface area contributed by atoms with Gasteiger partial charge >= 0.3 is 0 Å². The van der Waals surface area contributed by atoms with E-state index in [-0.39, 0.29) is 18.0 Å². The molecule has 0 saturated heterocycles. The van der Waals surface area contributed by atoms with Crippen molar-refractivity contribution in [3.63, 3.8) is 0 Å². The maximum absolute atomic E-state index is 12.7. The van der Waals surface area contributed by atoms with Crippen LogP contribution in [-0.4, -0.2) is 16.7 Å². The van der Waals surface area contributed by atoms with E-state index in [9.17, 15) is 19.7 Å². The van der Waals surface area contributed by atoms with Gasteiger partial charge in [-0.1, -0.05) is 17.7 Å². The molecular weight excluding hydrogens is 320 g/mol. The Balaban J connectivity index is 2.08. The van der Waals surface area contributed by atoms with Crippen molar-refractivity contribution in [2.75, 3.05) is 4.90 Å². The van der Waals surface area contributed by atoms with Gasteiger partial charge in [-0.2, -0.15) is 0 Å². The summed E-state index contributed by atoms with van der Waals surface area (Å²) in [5, 5.41) is 11.2. The third kappa shape index (κ3) is 2.57. The molecule has 6 nitrogen and oxygen atoms in total. The summed E-state index contributed by atoms with van der Waals surface area (Å²) in [5.74, 6) is -0.850. The summed E-state index contributed by atoms with van der Waals surface area (Å²) in [5.41, 5.74) is 1.73. The number of nitrogens with zero attached hydrogens (tertiary/aromatic N) is 2. The number of non-ortho nitro benzene ring substituents is 1. The van der Waals surface area contributed by atoms with E-state index in [1.807, 2.05) is 0 Å². The van der Waals surface area contributed by atoms with Gasteiger partial charge in [0.2, 0.25) is 5.91 Å². The van der Waals surface area contributed by atoms with Gasteiger partial charge < -0.3 is 0 Å². The number of carbonyl (C=O) groups is 2. The Bertz CT molecular complexity index is 863. The summed E-state index contributed by atoms with van der Waals surface area (Å²) >= 11 is 5.93. The smallest absolute Gasteiger partial charge is 0.269 e. The van der Waals surface area contributed by atoms with E-state index in [0.29, 0.717) is 27.4 Å². The van der Waals surface area contributed by atoms with Gasteiger partial charge in [0, 0.05) is 22.7 Å². The first-order valence-corrected chi connectivity index (χ1v) is 7.17. The van der Waals surface area contributed by atoms with E-state index in [2.05, 4.69) is 0 Å². The average Bonchev–Trinajstić information content (AvgIpc) is 2.49. The molecule has 23 heavy (non-hydrogen) atoms. The molecule has 2 amide bonds. The number of carbonyl (C=O) groups excluding carboxylic acids is 2. The van der Waals surface area contributed by atoms with Gasteiger partial charge in [-0.25, -0.2) is 4.90 Å². The number of nitro benzene ring substituents is 1. The molecule has 1 aliphatic rings. The highest BCUT2D eigenvalue weighted by Gasteiger charge is 2.33. The van der Waals surface area contributed by atoms with Crippen LogP contribution in [0.4, 0.5) is 11.4 Å². The van der Waals surface area contributed by atoms with Gasteiger partial charge in [-0.3, -0.25) is 19.7 Å². The molecule has 116 valence electrons. The molecule has 0 aliphatic carbocycles. The molecule has 0 atom stereocenters. The third-order valence-corrected chi connectivity index (χ3v) is 3.96. The number of hydrogen-bond acceptors (Lipinski definition) is 4. The summed E-state index contributed by atoms with van der Waals surface area (Å²) < 4.78 is 0. The molecule has 0 unspecified atom stereocenters. The van der Waals surface area contributed by atoms with Gasteiger partial charge in [0.15, 0.2) is 0 Å². The second kappa shape index (κ2) is 5.48. The second-order valence-corrected chi connectivity index (χ2v) is 5.68. The van der Waals surface area contributed by atoms with Crippen LogP contribution in [-0.2, 0) is 11.2 Å². The number of anilines is 1. The van der Waals surface area contributed by atoms with Crippen LogP contribution in [0.15, 0.2) is 36.4 Å². The lowest BCUT2D eigenvalue weighted by molar-refractivity contribution is -0.384. The van der Waals surface area contributed by atoms with Crippen molar-refractivity contribution in [1.29, 1.82) is 0 Å². The van der Waals surface area contributed by atoms with Crippen LogP contribution < -0.4 is 4.90 Å². The van der Waals surface area contributed by atoms with Gasteiger partial charge in [0.25, 0.3) is 11.6 Å². The maximum atomic E-state index is 12.7. The Morgan fingerprint density at radius 3 is 2.57 bits per heavy atom. The summed E-state index contributed by atoms with van der Waals surface area (Å²) in [7, 11) is 0. The average molecular weight is 331 g/mol. The number of rotatable bonds is 2. The van der Waals surface area contributed by atoms with Crippen molar-refractivity contribution in [3.8, 4) is 0 Å². The Labute approximate surface area is 136 Å². The molecule has 1 heterocycles. The summed E-state index contributed by atoms with van der Waals surface area (Å²) in [6.45, 7) is 1.62. The van der Waals surface area contributed by atoms with Gasteiger partial charge in [0.1, 0.15) is 0 Å². The Hall–Kier alpha value is -2.73. The first kappa shape index (κ1) is 15.2. The number of nitro groups is 1. The van der Waals surface area contributed by atoms with Crippen molar-refractivity contribution in [2.45, 2.75) is 13.3 Å². The van der Waals surface area contributed by atoms with Gasteiger partial charge in [0.05, 0.1) is 17.0 Å². The standard InChI is InChI=1S/C16H11ClN2O4/c1-9-6-12(19(22)23)4-5-14(9)18-15(20)7-10-2-3-11(17)8-13(10)16(18)21/h2-6,8H,7H2,1H3. The van der Waals surface area contributed by atoms with Gasteiger partial charge in [-0.15, -0.1) is 0 Å². The number of hydrogen-bond donors (Lipinski definition) is 0. The number of halogens is 1. The number of fused-ring (bicyclic) bond motifs is 1. The minimum absolute atomic E-state index is 0.0780. The van der Waals surface area contributed by atoms with Crippen LogP contribution in [0.5, 0.6) is 0 Å². The molecule has 0 N–H and O–H groups in total. The molecule has 0 bridgehead atoms. The second-order valence-electron chi connectivity index (χ2n) is 5.24. The van der Waals surface area contributed by atoms with Crippen LogP contribution in [0, 0.1) is 17.0 Å². The highest BCUT2D eigenvalue weighted by Crippen LogP contribution is 2.31. The number of imide groups is 1. The minimum Gasteiger partial charge on any atom is -0.274 e. The highest BCUT2D eigenvalue weighted by atomic mass is 35.5. The SMILES string of the molecule is Cc1cc([N+](=O)[O-])ccc1N1C(=O)Cc2ccc(Cl)cc2C1=O. The fourth-order valence-corrected chi connectivity index (χ4v) is 2.80. The van der Waals surface area contributed by atoms with Crippen molar-refractivity contribution in [3.05, 3.63) is 68.2 Å². The van der Waals surface area contributed by atoms with Crippen molar-refractivity contribution >= 4 is 34.8 Å². The Morgan fingerprint density at radius 2 is 1.91 bits per heavy atom. The molecule has 0 fully saturated rings. The van der Waals surface area contributed by atoms with Crippen LogP contribution in [0.1, 0.15) is 21.5 Å². The normalized spacial score (nSPS) is 13.9. The lowest BCUT2D eigenvalue weighted by Gasteiger charge is -2.28. The van der Waals surface area contributed by atoms with E-state index in [1.54, 1.807) is 19.1 Å². The van der Waals surface area contributed by atoms with Crippen molar-refractivity contribution in [2.24, 2.45) is 0 Å². The fourth-order valence-electron chi connectivity index (χ4n) is 2.63. The van der Waals surface area contributed by atoms with E-state index >= 15 is 0 Å². The van der Waals surface area contributed by atoms with Crippen molar-refractivity contribution < 1.29 is 14.5 Å². The quantitative estimate of drug-likeness (QED) is 0.480. The maximum Gasteiger partial charge on any atom is 0.269 e. The lowest BCUT2D eigenvalue weighted by Crippen LogP contribution is -2.42. The van der Waals surface area contributed by atoms with Crippen LogP contribution in [0.2, 0.25) is 5.02 Å². The molecular formula is C16H11ClN2O4. The Morgan fingerprint density at radius 1 is 1.17 bits per heavy atom. The molecule has 7 heteroatoms. The summed E-state index contributed by atoms with van der Waals surface area (Å²) in [6.07, 6.45) is 0.0780. The predicted octanol–water partition coefficient (Wildman–Crippen LogP) is 3.29. The van der Waals surface area contributed by atoms with E-state index < -0.39 is 10.8 Å². The van der Waals surface area contributed by atoms with Crippen LogP contribution >= 0.6 is 11.6 Å².